The van der Waals surface area contributed by atoms with Crippen molar-refractivity contribution >= 4 is 33.1 Å². The average molecular weight is 368 g/mol. The number of hydrogen-bond acceptors (Lipinski definition) is 5. The van der Waals surface area contributed by atoms with Gasteiger partial charge in [0.1, 0.15) is 16.5 Å². The first-order chi connectivity index (χ1) is 11.5. The van der Waals surface area contributed by atoms with E-state index in [1.807, 2.05) is 6.07 Å². The van der Waals surface area contributed by atoms with Crippen LogP contribution in [0.5, 0.6) is 5.75 Å². The molecule has 1 N–H and O–H groups in total. The van der Waals surface area contributed by atoms with Crippen LogP contribution in [0.25, 0.3) is 0 Å². The highest BCUT2D eigenvalue weighted by atomic mass is 35.5. The van der Waals surface area contributed by atoms with Gasteiger partial charge in [0.05, 0.1) is 19.0 Å². The van der Waals surface area contributed by atoms with Crippen molar-refractivity contribution in [2.45, 2.75) is 17.7 Å². The summed E-state index contributed by atoms with van der Waals surface area (Å²) in [5.74, 6) is 1.09. The molecule has 1 aliphatic rings. The summed E-state index contributed by atoms with van der Waals surface area (Å²) in [6.45, 7) is 1.97. The van der Waals surface area contributed by atoms with Crippen molar-refractivity contribution in [3.8, 4) is 5.75 Å². The summed E-state index contributed by atoms with van der Waals surface area (Å²) in [7, 11) is -2.41. The molecule has 0 spiro atoms. The van der Waals surface area contributed by atoms with E-state index in [0.29, 0.717) is 10.7 Å². The predicted molar refractivity (Wildman–Crippen MR) is 94.5 cm³/mol. The zero-order valence-electron chi connectivity index (χ0n) is 13.2. The smallest absolute Gasteiger partial charge is 0.265 e. The van der Waals surface area contributed by atoms with Crippen LogP contribution in [-0.4, -0.2) is 33.6 Å². The number of hydrogen-bond donors (Lipinski definition) is 1. The first-order valence-electron chi connectivity index (χ1n) is 7.57. The molecule has 128 valence electrons. The van der Waals surface area contributed by atoms with E-state index in [2.05, 4.69) is 14.6 Å². The second kappa shape index (κ2) is 6.86. The third-order valence-electron chi connectivity index (χ3n) is 3.85. The van der Waals surface area contributed by atoms with Crippen LogP contribution in [-0.2, 0) is 10.0 Å². The number of methoxy groups -OCH3 is 1. The molecule has 24 heavy (non-hydrogen) atoms. The number of sulfonamides is 1. The fourth-order valence-corrected chi connectivity index (χ4v) is 4.13. The van der Waals surface area contributed by atoms with Gasteiger partial charge in [0.2, 0.25) is 0 Å². The molecule has 0 amide bonds. The zero-order chi connectivity index (χ0) is 17.2. The Kier molecular flexibility index (Phi) is 4.82. The summed E-state index contributed by atoms with van der Waals surface area (Å²) >= 11 is 5.91. The van der Waals surface area contributed by atoms with Gasteiger partial charge in [-0.3, -0.25) is 4.72 Å². The van der Waals surface area contributed by atoms with E-state index in [1.54, 1.807) is 12.1 Å². The second-order valence-corrected chi connectivity index (χ2v) is 7.59. The van der Waals surface area contributed by atoms with E-state index in [-0.39, 0.29) is 10.6 Å². The Bertz CT molecular complexity index is 819. The molecule has 0 atom stereocenters. The second-order valence-electron chi connectivity index (χ2n) is 5.50. The van der Waals surface area contributed by atoms with E-state index in [1.165, 1.54) is 25.4 Å². The Morgan fingerprint density at radius 3 is 2.58 bits per heavy atom. The lowest BCUT2D eigenvalue weighted by atomic mass is 10.3. The Hall–Kier alpha value is -1.99. The normalized spacial score (nSPS) is 14.7. The molecule has 0 saturated carbocycles. The number of rotatable bonds is 5. The Labute approximate surface area is 146 Å². The first-order valence-corrected chi connectivity index (χ1v) is 9.43. The highest BCUT2D eigenvalue weighted by Gasteiger charge is 2.21. The molecule has 1 saturated heterocycles. The summed E-state index contributed by atoms with van der Waals surface area (Å²) in [5.41, 5.74) is 0.389. The van der Waals surface area contributed by atoms with Crippen LogP contribution in [0.4, 0.5) is 11.5 Å². The van der Waals surface area contributed by atoms with Gasteiger partial charge in [-0.05, 0) is 43.2 Å². The van der Waals surface area contributed by atoms with Crippen molar-refractivity contribution in [3.05, 3.63) is 41.6 Å². The van der Waals surface area contributed by atoms with Crippen molar-refractivity contribution in [1.82, 2.24) is 4.98 Å². The largest absolute Gasteiger partial charge is 0.495 e. The minimum absolute atomic E-state index is 0.0129. The van der Waals surface area contributed by atoms with E-state index < -0.39 is 10.0 Å². The summed E-state index contributed by atoms with van der Waals surface area (Å²) in [6, 6.07) is 7.97. The fourth-order valence-electron chi connectivity index (χ4n) is 2.65. The molecule has 1 aliphatic heterocycles. The lowest BCUT2D eigenvalue weighted by Gasteiger charge is -2.17. The Balaban J connectivity index is 1.83. The number of nitrogens with one attached hydrogen (secondary N) is 1. The summed E-state index contributed by atoms with van der Waals surface area (Å²) in [6.07, 6.45) is 3.83. The standard InChI is InChI=1S/C16H18ClN3O3S/c1-23-14-6-4-12(17)10-15(14)24(21,22)19-13-5-7-16(18-11-13)20-8-2-3-9-20/h4-7,10-11,19H,2-3,8-9H2,1H3. The number of aromatic nitrogens is 1. The number of benzene rings is 1. The van der Waals surface area contributed by atoms with Crippen LogP contribution in [0.1, 0.15) is 12.8 Å². The maximum Gasteiger partial charge on any atom is 0.265 e. The molecular formula is C16H18ClN3O3S. The third kappa shape index (κ3) is 3.57. The number of anilines is 2. The number of nitrogens with zero attached hydrogens (tertiary/aromatic N) is 2. The Morgan fingerprint density at radius 2 is 1.96 bits per heavy atom. The van der Waals surface area contributed by atoms with Crippen molar-refractivity contribution in [2.75, 3.05) is 29.8 Å². The highest BCUT2D eigenvalue weighted by molar-refractivity contribution is 7.92. The SMILES string of the molecule is COc1ccc(Cl)cc1S(=O)(=O)Nc1ccc(N2CCCC2)nc1. The highest BCUT2D eigenvalue weighted by Crippen LogP contribution is 2.29. The lowest BCUT2D eigenvalue weighted by Crippen LogP contribution is -2.19. The zero-order valence-corrected chi connectivity index (χ0v) is 14.8. The van der Waals surface area contributed by atoms with Gasteiger partial charge in [-0.25, -0.2) is 13.4 Å². The number of halogens is 1. The molecule has 1 aromatic carbocycles. The molecule has 1 fully saturated rings. The van der Waals surface area contributed by atoms with Crippen molar-refractivity contribution < 1.29 is 13.2 Å². The number of ether oxygens (including phenoxy) is 1. The molecule has 6 nitrogen and oxygen atoms in total. The van der Waals surface area contributed by atoms with E-state index >= 15 is 0 Å². The third-order valence-corrected chi connectivity index (χ3v) is 5.48. The molecule has 2 aromatic rings. The molecule has 0 radical (unpaired) electrons. The van der Waals surface area contributed by atoms with Gasteiger partial charge in [-0.2, -0.15) is 0 Å². The van der Waals surface area contributed by atoms with Gasteiger partial charge in [0.25, 0.3) is 10.0 Å². The molecule has 0 aliphatic carbocycles. The monoisotopic (exact) mass is 367 g/mol. The molecule has 0 unspecified atom stereocenters. The number of pyridine rings is 1. The molecule has 1 aromatic heterocycles. The van der Waals surface area contributed by atoms with Gasteiger partial charge < -0.3 is 9.64 Å². The van der Waals surface area contributed by atoms with Crippen LogP contribution in [0, 0.1) is 0 Å². The van der Waals surface area contributed by atoms with Crippen LogP contribution in [0.2, 0.25) is 5.02 Å². The summed E-state index contributed by atoms with van der Waals surface area (Å²) < 4.78 is 32.8. The average Bonchev–Trinajstić information content (AvgIpc) is 3.10. The van der Waals surface area contributed by atoms with E-state index in [4.69, 9.17) is 16.3 Å². The quantitative estimate of drug-likeness (QED) is 0.878. The minimum atomic E-state index is -3.82. The van der Waals surface area contributed by atoms with Crippen LogP contribution < -0.4 is 14.4 Å². The first kappa shape index (κ1) is 16.9. The Morgan fingerprint density at radius 1 is 1.21 bits per heavy atom. The molecule has 3 rings (SSSR count). The van der Waals surface area contributed by atoms with E-state index in [9.17, 15) is 8.42 Å². The minimum Gasteiger partial charge on any atom is -0.495 e. The molecule has 8 heteroatoms. The van der Waals surface area contributed by atoms with Gasteiger partial charge in [0.15, 0.2) is 0 Å². The van der Waals surface area contributed by atoms with Crippen molar-refractivity contribution in [3.63, 3.8) is 0 Å². The van der Waals surface area contributed by atoms with Gasteiger partial charge >= 0.3 is 0 Å². The maximum atomic E-state index is 12.6. The van der Waals surface area contributed by atoms with Gasteiger partial charge in [0, 0.05) is 18.1 Å². The predicted octanol–water partition coefficient (Wildman–Crippen LogP) is 3.14. The topological polar surface area (TPSA) is 71.5 Å². The lowest BCUT2D eigenvalue weighted by molar-refractivity contribution is 0.403. The summed E-state index contributed by atoms with van der Waals surface area (Å²) in [4.78, 5) is 6.51. The summed E-state index contributed by atoms with van der Waals surface area (Å²) in [5, 5.41) is 0.318. The molecule has 0 bridgehead atoms. The molecular weight excluding hydrogens is 350 g/mol. The van der Waals surface area contributed by atoms with E-state index in [0.717, 1.165) is 31.7 Å². The van der Waals surface area contributed by atoms with Crippen LogP contribution >= 0.6 is 11.6 Å². The van der Waals surface area contributed by atoms with Gasteiger partial charge in [-0.1, -0.05) is 11.6 Å². The van der Waals surface area contributed by atoms with Crippen molar-refractivity contribution in [1.29, 1.82) is 0 Å². The van der Waals surface area contributed by atoms with Gasteiger partial charge in [-0.15, -0.1) is 0 Å². The fraction of sp³-hybridized carbons (Fsp3) is 0.312. The van der Waals surface area contributed by atoms with Crippen molar-refractivity contribution in [2.24, 2.45) is 0 Å². The maximum absolute atomic E-state index is 12.6. The van der Waals surface area contributed by atoms with Crippen LogP contribution in [0.15, 0.2) is 41.4 Å². The molecule has 2 heterocycles. The van der Waals surface area contributed by atoms with Crippen LogP contribution in [0.3, 0.4) is 0 Å².